The molecule has 0 aromatic heterocycles. The third-order valence-electron chi connectivity index (χ3n) is 4.40. The zero-order valence-corrected chi connectivity index (χ0v) is 21.9. The van der Waals surface area contributed by atoms with Crippen LogP contribution in [0, 0.1) is 6.92 Å². The van der Waals surface area contributed by atoms with Crippen LogP contribution in [0.15, 0.2) is 47.5 Å². The van der Waals surface area contributed by atoms with Crippen molar-refractivity contribution < 1.29 is 19.0 Å². The highest BCUT2D eigenvalue weighted by molar-refractivity contribution is 14.0. The van der Waals surface area contributed by atoms with E-state index in [0.29, 0.717) is 44.6 Å². The first kappa shape index (κ1) is 28.5. The number of rotatable bonds is 13. The van der Waals surface area contributed by atoms with Crippen LogP contribution < -0.4 is 25.8 Å². The lowest BCUT2D eigenvalue weighted by Crippen LogP contribution is -2.36. The molecule has 33 heavy (non-hydrogen) atoms. The Morgan fingerprint density at radius 2 is 1.88 bits per heavy atom. The quantitative estimate of drug-likeness (QED) is 0.148. The second-order valence-electron chi connectivity index (χ2n) is 7.11. The minimum Gasteiger partial charge on any atom is -0.491 e. The lowest BCUT2D eigenvalue weighted by atomic mass is 10.1. The lowest BCUT2D eigenvalue weighted by molar-refractivity contribution is -0.119. The summed E-state index contributed by atoms with van der Waals surface area (Å²) in [7, 11) is 0. The molecular formula is C24H35IN4O4. The molecule has 0 radical (unpaired) electrons. The van der Waals surface area contributed by atoms with E-state index in [4.69, 9.17) is 19.9 Å². The van der Waals surface area contributed by atoms with Gasteiger partial charge in [-0.25, -0.2) is 4.99 Å². The van der Waals surface area contributed by atoms with Crippen LogP contribution in [0.4, 0.5) is 0 Å². The minimum absolute atomic E-state index is 0. The molecule has 0 fully saturated rings. The Hall–Kier alpha value is -2.53. The van der Waals surface area contributed by atoms with Crippen molar-refractivity contribution in [2.75, 3.05) is 33.0 Å². The number of halogens is 1. The number of ether oxygens (including phenoxy) is 3. The third kappa shape index (κ3) is 11.2. The van der Waals surface area contributed by atoms with Crippen molar-refractivity contribution >= 4 is 35.8 Å². The second kappa shape index (κ2) is 16.1. The van der Waals surface area contributed by atoms with Gasteiger partial charge in [0.2, 0.25) is 0 Å². The van der Waals surface area contributed by atoms with Gasteiger partial charge in [-0.3, -0.25) is 4.79 Å². The molecule has 2 rings (SSSR count). The van der Waals surface area contributed by atoms with Crippen molar-refractivity contribution in [1.29, 1.82) is 0 Å². The summed E-state index contributed by atoms with van der Waals surface area (Å²) >= 11 is 0. The van der Waals surface area contributed by atoms with Gasteiger partial charge in [0.15, 0.2) is 12.6 Å². The number of carbonyl (C=O) groups is 1. The number of carbonyl (C=O) groups excluding carboxylic acids is 1. The van der Waals surface area contributed by atoms with Crippen molar-refractivity contribution in [2.24, 2.45) is 10.7 Å². The van der Waals surface area contributed by atoms with Gasteiger partial charge >= 0.3 is 0 Å². The van der Waals surface area contributed by atoms with Gasteiger partial charge in [0.1, 0.15) is 18.1 Å². The molecule has 0 aliphatic heterocycles. The number of nitrogens with zero attached hydrogens (tertiary/aromatic N) is 1. The standard InChI is InChI=1S/C24H34N4O4.HI/c1-4-26-24(27-15-19-7-6-8-21(14-19)32-17-23(25)29)28-16-20-10-9-18(3)13-22(20)31-12-11-30-5-2;/h6-10,13-14H,4-5,11-12,15-17H2,1-3H3,(H2,25,29)(H2,26,27,28);1H. The molecule has 0 aliphatic rings. The van der Waals surface area contributed by atoms with Crippen LogP contribution in [0.3, 0.4) is 0 Å². The van der Waals surface area contributed by atoms with Gasteiger partial charge in [-0.05, 0) is 50.1 Å². The maximum Gasteiger partial charge on any atom is 0.255 e. The molecule has 0 unspecified atom stereocenters. The molecule has 0 heterocycles. The summed E-state index contributed by atoms with van der Waals surface area (Å²) in [5, 5.41) is 6.61. The fourth-order valence-electron chi connectivity index (χ4n) is 2.88. The number of amides is 1. The predicted octanol–water partition coefficient (Wildman–Crippen LogP) is 3.15. The van der Waals surface area contributed by atoms with E-state index in [0.717, 1.165) is 29.0 Å². The van der Waals surface area contributed by atoms with Crippen molar-refractivity contribution in [3.63, 3.8) is 0 Å². The lowest BCUT2D eigenvalue weighted by Gasteiger charge is -2.15. The van der Waals surface area contributed by atoms with Gasteiger partial charge in [-0.1, -0.05) is 24.3 Å². The Bertz CT molecular complexity index is 893. The van der Waals surface area contributed by atoms with E-state index in [1.54, 1.807) is 6.07 Å². The number of hydrogen-bond acceptors (Lipinski definition) is 5. The topological polar surface area (TPSA) is 107 Å². The molecule has 8 nitrogen and oxygen atoms in total. The summed E-state index contributed by atoms with van der Waals surface area (Å²) in [4.78, 5) is 15.6. The van der Waals surface area contributed by atoms with Crippen molar-refractivity contribution in [3.05, 3.63) is 59.2 Å². The molecule has 4 N–H and O–H groups in total. The fourth-order valence-corrected chi connectivity index (χ4v) is 2.88. The van der Waals surface area contributed by atoms with Crippen LogP contribution in [0.2, 0.25) is 0 Å². The van der Waals surface area contributed by atoms with Crippen LogP contribution >= 0.6 is 24.0 Å². The number of benzene rings is 2. The molecule has 0 spiro atoms. The molecule has 0 saturated heterocycles. The Morgan fingerprint density at radius 3 is 2.61 bits per heavy atom. The number of nitrogens with one attached hydrogen (secondary N) is 2. The smallest absolute Gasteiger partial charge is 0.255 e. The predicted molar refractivity (Wildman–Crippen MR) is 141 cm³/mol. The number of nitrogens with two attached hydrogens (primary N) is 1. The highest BCUT2D eigenvalue weighted by Gasteiger charge is 2.07. The first-order valence-corrected chi connectivity index (χ1v) is 10.8. The SMILES string of the molecule is CCNC(=NCc1cccc(OCC(N)=O)c1)NCc1ccc(C)cc1OCCOCC.I. The highest BCUT2D eigenvalue weighted by Crippen LogP contribution is 2.20. The normalized spacial score (nSPS) is 10.8. The molecule has 1 amide bonds. The van der Waals surface area contributed by atoms with Crippen molar-refractivity contribution in [2.45, 2.75) is 33.9 Å². The Labute approximate surface area is 213 Å². The maximum absolute atomic E-state index is 10.9. The van der Waals surface area contributed by atoms with E-state index < -0.39 is 5.91 Å². The monoisotopic (exact) mass is 570 g/mol. The van der Waals surface area contributed by atoms with Gasteiger partial charge in [0.25, 0.3) is 5.91 Å². The van der Waals surface area contributed by atoms with E-state index >= 15 is 0 Å². The first-order chi connectivity index (χ1) is 15.5. The van der Waals surface area contributed by atoms with E-state index in [1.165, 1.54) is 0 Å². The molecule has 182 valence electrons. The molecule has 0 saturated carbocycles. The molecule has 0 aliphatic carbocycles. The molecule has 2 aromatic carbocycles. The summed E-state index contributed by atoms with van der Waals surface area (Å²) in [5.41, 5.74) is 8.27. The highest BCUT2D eigenvalue weighted by atomic mass is 127. The van der Waals surface area contributed by atoms with Gasteiger partial charge in [0.05, 0.1) is 13.2 Å². The van der Waals surface area contributed by atoms with Gasteiger partial charge in [0, 0.05) is 25.3 Å². The third-order valence-corrected chi connectivity index (χ3v) is 4.40. The Balaban J connectivity index is 0.00000544. The van der Waals surface area contributed by atoms with Gasteiger partial charge in [-0.2, -0.15) is 0 Å². The summed E-state index contributed by atoms with van der Waals surface area (Å²) in [6.07, 6.45) is 0. The molecule has 9 heteroatoms. The van der Waals surface area contributed by atoms with Gasteiger partial charge in [-0.15, -0.1) is 24.0 Å². The number of aryl methyl sites for hydroxylation is 1. The summed E-state index contributed by atoms with van der Waals surface area (Å²) < 4.78 is 16.6. The van der Waals surface area contributed by atoms with Crippen molar-refractivity contribution in [1.82, 2.24) is 10.6 Å². The van der Waals surface area contributed by atoms with Crippen LogP contribution in [0.5, 0.6) is 11.5 Å². The Kier molecular flexibility index (Phi) is 13.9. The average Bonchev–Trinajstić information content (AvgIpc) is 2.78. The summed E-state index contributed by atoms with van der Waals surface area (Å²) in [5.74, 6) is 1.61. The average molecular weight is 570 g/mol. The maximum atomic E-state index is 10.9. The van der Waals surface area contributed by atoms with Crippen LogP contribution in [0.1, 0.15) is 30.5 Å². The second-order valence-corrected chi connectivity index (χ2v) is 7.11. The van der Waals surface area contributed by atoms with Crippen LogP contribution in [-0.2, 0) is 22.6 Å². The molecule has 0 bridgehead atoms. The molecule has 2 aromatic rings. The summed E-state index contributed by atoms with van der Waals surface area (Å²) in [6.45, 7) is 9.37. The number of primary amides is 1. The number of aliphatic imine (C=N–C) groups is 1. The zero-order valence-electron chi connectivity index (χ0n) is 19.6. The minimum atomic E-state index is -0.510. The molecule has 0 atom stereocenters. The van der Waals surface area contributed by atoms with Gasteiger partial charge < -0.3 is 30.6 Å². The zero-order chi connectivity index (χ0) is 23.2. The van der Waals surface area contributed by atoms with Crippen LogP contribution in [-0.4, -0.2) is 44.8 Å². The summed E-state index contributed by atoms with van der Waals surface area (Å²) in [6, 6.07) is 13.6. The van der Waals surface area contributed by atoms with E-state index in [2.05, 4.69) is 27.8 Å². The first-order valence-electron chi connectivity index (χ1n) is 10.8. The largest absolute Gasteiger partial charge is 0.491 e. The Morgan fingerprint density at radius 1 is 1.06 bits per heavy atom. The fraction of sp³-hybridized carbons (Fsp3) is 0.417. The van der Waals surface area contributed by atoms with E-state index in [-0.39, 0.29) is 30.6 Å². The van der Waals surface area contributed by atoms with E-state index in [9.17, 15) is 4.79 Å². The number of hydrogen-bond donors (Lipinski definition) is 3. The van der Waals surface area contributed by atoms with Crippen LogP contribution in [0.25, 0.3) is 0 Å². The molecular weight excluding hydrogens is 535 g/mol. The van der Waals surface area contributed by atoms with Crippen molar-refractivity contribution in [3.8, 4) is 11.5 Å². The number of guanidine groups is 1. The van der Waals surface area contributed by atoms with E-state index in [1.807, 2.05) is 45.0 Å².